The summed E-state index contributed by atoms with van der Waals surface area (Å²) in [6.07, 6.45) is 0.269. The second kappa shape index (κ2) is 7.17. The van der Waals surface area contributed by atoms with Crippen molar-refractivity contribution in [2.75, 3.05) is 11.9 Å². The van der Waals surface area contributed by atoms with Gasteiger partial charge in [-0.1, -0.05) is 23.2 Å². The summed E-state index contributed by atoms with van der Waals surface area (Å²) in [6, 6.07) is 14.0. The third-order valence-corrected chi connectivity index (χ3v) is 3.04. The lowest BCUT2D eigenvalue weighted by atomic mass is 10.3. The van der Waals surface area contributed by atoms with Gasteiger partial charge in [-0.15, -0.1) is 0 Å². The molecule has 0 radical (unpaired) electrons. The molecule has 0 atom stereocenters. The molecule has 2 aromatic carbocycles. The third kappa shape index (κ3) is 4.76. The number of ether oxygens (including phenoxy) is 1. The highest BCUT2D eigenvalue weighted by Gasteiger charge is 2.03. The summed E-state index contributed by atoms with van der Waals surface area (Å²) in [5, 5.41) is 4.05. The maximum atomic E-state index is 11.7. The van der Waals surface area contributed by atoms with E-state index in [4.69, 9.17) is 27.9 Å². The first-order valence-electron chi connectivity index (χ1n) is 6.07. The van der Waals surface area contributed by atoms with E-state index < -0.39 is 0 Å². The van der Waals surface area contributed by atoms with E-state index in [1.165, 1.54) is 0 Å². The molecule has 1 amide bonds. The molecule has 0 heterocycles. The molecule has 0 bridgehead atoms. The van der Waals surface area contributed by atoms with E-state index in [1.54, 1.807) is 48.5 Å². The van der Waals surface area contributed by atoms with Gasteiger partial charge in [-0.05, 0) is 48.5 Å². The fourth-order valence-corrected chi connectivity index (χ4v) is 1.80. The molecule has 0 saturated carbocycles. The average Bonchev–Trinajstić information content (AvgIpc) is 2.44. The van der Waals surface area contributed by atoms with E-state index in [0.29, 0.717) is 28.1 Å². The molecule has 0 aromatic heterocycles. The first-order valence-corrected chi connectivity index (χ1v) is 6.83. The van der Waals surface area contributed by atoms with E-state index in [-0.39, 0.29) is 12.3 Å². The van der Waals surface area contributed by atoms with Gasteiger partial charge in [0.05, 0.1) is 13.0 Å². The van der Waals surface area contributed by atoms with E-state index in [9.17, 15) is 4.79 Å². The summed E-state index contributed by atoms with van der Waals surface area (Å²) in [5.41, 5.74) is 0.714. The van der Waals surface area contributed by atoms with Crippen LogP contribution in [0.15, 0.2) is 48.5 Å². The van der Waals surface area contributed by atoms with Crippen molar-refractivity contribution in [1.82, 2.24) is 0 Å². The maximum absolute atomic E-state index is 11.7. The predicted octanol–water partition coefficient (Wildman–Crippen LogP) is 4.40. The van der Waals surface area contributed by atoms with Gasteiger partial charge in [-0.25, -0.2) is 0 Å². The highest BCUT2D eigenvalue weighted by Crippen LogP contribution is 2.16. The third-order valence-electron chi connectivity index (χ3n) is 2.54. The smallest absolute Gasteiger partial charge is 0.227 e. The number of rotatable bonds is 5. The van der Waals surface area contributed by atoms with Crippen molar-refractivity contribution in [2.24, 2.45) is 0 Å². The number of halogens is 2. The van der Waals surface area contributed by atoms with Gasteiger partial charge in [0.1, 0.15) is 5.75 Å². The molecule has 104 valence electrons. The number of carbonyl (C=O) groups excluding carboxylic acids is 1. The number of anilines is 1. The lowest BCUT2D eigenvalue weighted by Gasteiger charge is -2.07. The highest BCUT2D eigenvalue weighted by molar-refractivity contribution is 6.30. The van der Waals surface area contributed by atoms with Crippen LogP contribution in [-0.4, -0.2) is 12.5 Å². The molecular weight excluding hydrogens is 297 g/mol. The van der Waals surface area contributed by atoms with Crippen LogP contribution in [0.4, 0.5) is 5.69 Å². The molecule has 2 rings (SSSR count). The van der Waals surface area contributed by atoms with E-state index in [0.717, 1.165) is 0 Å². The quantitative estimate of drug-likeness (QED) is 0.889. The summed E-state index contributed by atoms with van der Waals surface area (Å²) >= 11 is 11.5. The van der Waals surface area contributed by atoms with Crippen LogP contribution < -0.4 is 10.1 Å². The van der Waals surface area contributed by atoms with Gasteiger partial charge in [0.2, 0.25) is 5.91 Å². The van der Waals surface area contributed by atoms with Crippen molar-refractivity contribution in [2.45, 2.75) is 6.42 Å². The minimum Gasteiger partial charge on any atom is -0.493 e. The van der Waals surface area contributed by atoms with Crippen molar-refractivity contribution in [3.8, 4) is 5.75 Å². The molecule has 5 heteroatoms. The van der Waals surface area contributed by atoms with Crippen molar-refractivity contribution < 1.29 is 9.53 Å². The van der Waals surface area contributed by atoms with Crippen LogP contribution in [0.3, 0.4) is 0 Å². The first kappa shape index (κ1) is 14.7. The minimum atomic E-state index is -0.110. The number of benzene rings is 2. The molecule has 0 aliphatic rings. The standard InChI is InChI=1S/C15H13Cl2NO2/c16-11-1-5-13(6-2-11)18-15(19)9-10-20-14-7-3-12(17)4-8-14/h1-8H,9-10H2,(H,18,19). The fraction of sp³-hybridized carbons (Fsp3) is 0.133. The number of carbonyl (C=O) groups is 1. The van der Waals surface area contributed by atoms with Crippen LogP contribution in [0.25, 0.3) is 0 Å². The summed E-state index contributed by atoms with van der Waals surface area (Å²) in [4.78, 5) is 11.7. The van der Waals surface area contributed by atoms with Crippen LogP contribution in [-0.2, 0) is 4.79 Å². The zero-order valence-electron chi connectivity index (χ0n) is 10.6. The van der Waals surface area contributed by atoms with Crippen LogP contribution in [0.5, 0.6) is 5.75 Å². The zero-order chi connectivity index (χ0) is 14.4. The molecule has 0 spiro atoms. The lowest BCUT2D eigenvalue weighted by molar-refractivity contribution is -0.116. The van der Waals surface area contributed by atoms with Gasteiger partial charge in [-0.3, -0.25) is 4.79 Å². The Balaban J connectivity index is 1.75. The monoisotopic (exact) mass is 309 g/mol. The largest absolute Gasteiger partial charge is 0.493 e. The summed E-state index contributed by atoms with van der Waals surface area (Å²) in [6.45, 7) is 0.307. The Hall–Kier alpha value is -1.71. The molecule has 0 saturated heterocycles. The zero-order valence-corrected chi connectivity index (χ0v) is 12.1. The molecule has 0 aliphatic heterocycles. The van der Waals surface area contributed by atoms with Crippen LogP contribution >= 0.6 is 23.2 Å². The predicted molar refractivity (Wildman–Crippen MR) is 81.6 cm³/mol. The Kier molecular flexibility index (Phi) is 5.27. The van der Waals surface area contributed by atoms with Gasteiger partial charge < -0.3 is 10.1 Å². The second-order valence-electron chi connectivity index (χ2n) is 4.11. The molecular formula is C15H13Cl2NO2. The van der Waals surface area contributed by atoms with Gasteiger partial charge in [0.15, 0.2) is 0 Å². The molecule has 0 unspecified atom stereocenters. The fourth-order valence-electron chi connectivity index (χ4n) is 1.55. The van der Waals surface area contributed by atoms with Crippen LogP contribution in [0.2, 0.25) is 10.0 Å². The Bertz CT molecular complexity index is 567. The molecule has 1 N–H and O–H groups in total. The van der Waals surface area contributed by atoms with Crippen molar-refractivity contribution in [1.29, 1.82) is 0 Å². The van der Waals surface area contributed by atoms with Crippen molar-refractivity contribution >= 4 is 34.8 Å². The second-order valence-corrected chi connectivity index (χ2v) is 4.98. The maximum Gasteiger partial charge on any atom is 0.227 e. The summed E-state index contributed by atoms with van der Waals surface area (Å²) < 4.78 is 5.45. The Labute approximate surface area is 127 Å². The van der Waals surface area contributed by atoms with Crippen molar-refractivity contribution in [3.05, 3.63) is 58.6 Å². The van der Waals surface area contributed by atoms with E-state index in [1.807, 2.05) is 0 Å². The Morgan fingerprint density at radius 1 is 0.950 bits per heavy atom. The Morgan fingerprint density at radius 3 is 2.10 bits per heavy atom. The molecule has 3 nitrogen and oxygen atoms in total. The topological polar surface area (TPSA) is 38.3 Å². The normalized spacial score (nSPS) is 10.1. The highest BCUT2D eigenvalue weighted by atomic mass is 35.5. The van der Waals surface area contributed by atoms with Crippen LogP contribution in [0.1, 0.15) is 6.42 Å². The van der Waals surface area contributed by atoms with E-state index in [2.05, 4.69) is 5.32 Å². The summed E-state index contributed by atoms with van der Waals surface area (Å²) in [7, 11) is 0. The molecule has 0 fully saturated rings. The first-order chi connectivity index (χ1) is 9.63. The minimum absolute atomic E-state index is 0.110. The molecule has 20 heavy (non-hydrogen) atoms. The lowest BCUT2D eigenvalue weighted by Crippen LogP contribution is -2.15. The average molecular weight is 310 g/mol. The summed E-state index contributed by atoms with van der Waals surface area (Å²) in [5.74, 6) is 0.579. The molecule has 2 aromatic rings. The van der Waals surface area contributed by atoms with Gasteiger partial charge in [-0.2, -0.15) is 0 Å². The van der Waals surface area contributed by atoms with Crippen LogP contribution in [0, 0.1) is 0 Å². The SMILES string of the molecule is O=C(CCOc1ccc(Cl)cc1)Nc1ccc(Cl)cc1. The van der Waals surface area contributed by atoms with E-state index >= 15 is 0 Å². The Morgan fingerprint density at radius 2 is 1.50 bits per heavy atom. The number of amides is 1. The van der Waals surface area contributed by atoms with Crippen molar-refractivity contribution in [3.63, 3.8) is 0 Å². The molecule has 0 aliphatic carbocycles. The van der Waals surface area contributed by atoms with Gasteiger partial charge in [0, 0.05) is 15.7 Å². The van der Waals surface area contributed by atoms with Gasteiger partial charge in [0.25, 0.3) is 0 Å². The number of nitrogens with one attached hydrogen (secondary N) is 1. The number of hydrogen-bond donors (Lipinski definition) is 1. The van der Waals surface area contributed by atoms with Gasteiger partial charge >= 0.3 is 0 Å². The number of hydrogen-bond acceptors (Lipinski definition) is 2.